The molecule has 0 unspecified atom stereocenters. The van der Waals surface area contributed by atoms with Gasteiger partial charge in [-0.25, -0.2) is 0 Å². The lowest BCUT2D eigenvalue weighted by molar-refractivity contribution is -0.385. The van der Waals surface area contributed by atoms with Gasteiger partial charge in [-0.1, -0.05) is 6.92 Å². The maximum absolute atomic E-state index is 11.2. The zero-order valence-electron chi connectivity index (χ0n) is 8.60. The number of nitro benzene ring substituents is 1. The van der Waals surface area contributed by atoms with Crippen LogP contribution in [0.3, 0.4) is 0 Å². The lowest BCUT2D eigenvalue weighted by atomic mass is 10.3. The zero-order valence-corrected chi connectivity index (χ0v) is 10.8. The minimum absolute atomic E-state index is 0.00358. The fourth-order valence-corrected chi connectivity index (χ4v) is 1.57. The van der Waals surface area contributed by atoms with Gasteiger partial charge >= 0.3 is 11.7 Å². The summed E-state index contributed by atoms with van der Waals surface area (Å²) >= 11 is 1.96. The second kappa shape index (κ2) is 5.78. The summed E-state index contributed by atoms with van der Waals surface area (Å²) in [5.41, 5.74) is -0.184. The summed E-state index contributed by atoms with van der Waals surface area (Å²) in [5.74, 6) is -0.448. The molecule has 0 N–H and O–H groups in total. The highest BCUT2D eigenvalue weighted by atomic mass is 127. The van der Waals surface area contributed by atoms with E-state index in [1.807, 2.05) is 29.5 Å². The first kappa shape index (κ1) is 12.9. The van der Waals surface area contributed by atoms with Crippen LogP contribution < -0.4 is 4.74 Å². The summed E-state index contributed by atoms with van der Waals surface area (Å²) in [6.07, 6.45) is 0.903. The number of hydrogen-bond donors (Lipinski definition) is 0. The second-order valence-corrected chi connectivity index (χ2v) is 4.34. The second-order valence-electron chi connectivity index (χ2n) is 3.09. The van der Waals surface area contributed by atoms with Gasteiger partial charge in [-0.3, -0.25) is 14.9 Å². The molecule has 16 heavy (non-hydrogen) atoms. The number of halogens is 1. The number of esters is 1. The van der Waals surface area contributed by atoms with E-state index in [-0.39, 0.29) is 17.9 Å². The first-order valence-corrected chi connectivity index (χ1v) is 5.77. The van der Waals surface area contributed by atoms with E-state index in [9.17, 15) is 14.9 Å². The molecule has 0 aliphatic carbocycles. The number of nitro groups is 1. The van der Waals surface area contributed by atoms with Gasteiger partial charge in [0.2, 0.25) is 5.75 Å². The molecule has 0 atom stereocenters. The topological polar surface area (TPSA) is 69.4 Å². The Hall–Kier alpha value is -1.18. The molecule has 0 aromatic heterocycles. The van der Waals surface area contributed by atoms with Gasteiger partial charge in [0.25, 0.3) is 0 Å². The minimum atomic E-state index is -0.559. The van der Waals surface area contributed by atoms with E-state index in [1.54, 1.807) is 6.07 Å². The largest absolute Gasteiger partial charge is 0.419 e. The highest BCUT2D eigenvalue weighted by Gasteiger charge is 2.17. The average molecular weight is 335 g/mol. The Labute approximate surface area is 106 Å². The Kier molecular flexibility index (Phi) is 4.66. The van der Waals surface area contributed by atoms with E-state index < -0.39 is 10.9 Å². The molecule has 0 fully saturated rings. The van der Waals surface area contributed by atoms with Gasteiger partial charge in [-0.15, -0.1) is 0 Å². The number of hydrogen-bond acceptors (Lipinski definition) is 4. The van der Waals surface area contributed by atoms with Crippen LogP contribution in [0.4, 0.5) is 5.69 Å². The molecule has 0 spiro atoms. The van der Waals surface area contributed by atoms with Gasteiger partial charge < -0.3 is 4.74 Å². The molecule has 1 aromatic rings. The summed E-state index contributed by atoms with van der Waals surface area (Å²) in [7, 11) is 0. The molecule has 5 nitrogen and oxygen atoms in total. The normalized spacial score (nSPS) is 9.88. The highest BCUT2D eigenvalue weighted by Crippen LogP contribution is 2.28. The van der Waals surface area contributed by atoms with E-state index in [0.717, 1.165) is 3.57 Å². The SMILES string of the molecule is CCCC(=O)Oc1ccc(I)cc1[N+](=O)[O-]. The van der Waals surface area contributed by atoms with Gasteiger partial charge in [0.1, 0.15) is 0 Å². The van der Waals surface area contributed by atoms with Crippen molar-refractivity contribution < 1.29 is 14.5 Å². The van der Waals surface area contributed by atoms with E-state index in [2.05, 4.69) is 0 Å². The third-order valence-electron chi connectivity index (χ3n) is 1.80. The van der Waals surface area contributed by atoms with Crippen molar-refractivity contribution in [1.82, 2.24) is 0 Å². The first-order valence-electron chi connectivity index (χ1n) is 4.69. The molecule has 1 aromatic carbocycles. The molecule has 0 heterocycles. The third kappa shape index (κ3) is 3.44. The monoisotopic (exact) mass is 335 g/mol. The Bertz CT molecular complexity index is 419. The minimum Gasteiger partial charge on any atom is -0.419 e. The van der Waals surface area contributed by atoms with Crippen molar-refractivity contribution in [1.29, 1.82) is 0 Å². The highest BCUT2D eigenvalue weighted by molar-refractivity contribution is 14.1. The number of carbonyl (C=O) groups excluding carboxylic acids is 1. The van der Waals surface area contributed by atoms with Gasteiger partial charge in [0.05, 0.1) is 4.92 Å². The van der Waals surface area contributed by atoms with Crippen molar-refractivity contribution in [3.63, 3.8) is 0 Å². The number of ether oxygens (including phenoxy) is 1. The molecular formula is C10H10INO4. The van der Waals surface area contributed by atoms with Crippen LogP contribution in [-0.2, 0) is 4.79 Å². The van der Waals surface area contributed by atoms with Crippen LogP contribution >= 0.6 is 22.6 Å². The van der Waals surface area contributed by atoms with Crippen molar-refractivity contribution >= 4 is 34.2 Å². The molecule has 6 heteroatoms. The summed E-state index contributed by atoms with van der Waals surface area (Å²) in [4.78, 5) is 21.4. The van der Waals surface area contributed by atoms with Crippen LogP contribution in [0.5, 0.6) is 5.75 Å². The number of nitrogens with zero attached hydrogens (tertiary/aromatic N) is 1. The van der Waals surface area contributed by atoms with Crippen molar-refractivity contribution in [2.24, 2.45) is 0 Å². The molecule has 0 saturated carbocycles. The number of rotatable bonds is 4. The van der Waals surface area contributed by atoms with Gasteiger partial charge in [0, 0.05) is 16.1 Å². The fraction of sp³-hybridized carbons (Fsp3) is 0.300. The fourth-order valence-electron chi connectivity index (χ4n) is 1.10. The molecule has 0 saturated heterocycles. The smallest absolute Gasteiger partial charge is 0.312 e. The number of benzene rings is 1. The van der Waals surface area contributed by atoms with Crippen molar-refractivity contribution in [2.75, 3.05) is 0 Å². The summed E-state index contributed by atoms with van der Waals surface area (Å²) < 4.78 is 5.64. The van der Waals surface area contributed by atoms with E-state index in [0.29, 0.717) is 6.42 Å². The average Bonchev–Trinajstić information content (AvgIpc) is 2.20. The predicted molar refractivity (Wildman–Crippen MR) is 66.4 cm³/mol. The van der Waals surface area contributed by atoms with E-state index in [1.165, 1.54) is 12.1 Å². The van der Waals surface area contributed by atoms with Crippen LogP contribution in [0.25, 0.3) is 0 Å². The van der Waals surface area contributed by atoms with Gasteiger partial charge in [-0.2, -0.15) is 0 Å². The van der Waals surface area contributed by atoms with Crippen LogP contribution in [0.15, 0.2) is 18.2 Å². The first-order chi connectivity index (χ1) is 7.54. The quantitative estimate of drug-likeness (QED) is 0.279. The van der Waals surface area contributed by atoms with Crippen molar-refractivity contribution in [3.8, 4) is 5.75 Å². The van der Waals surface area contributed by atoms with Crippen LogP contribution in [0.2, 0.25) is 0 Å². The Morgan fingerprint density at radius 2 is 2.25 bits per heavy atom. The molecule has 0 amide bonds. The van der Waals surface area contributed by atoms with Gasteiger partial charge in [-0.05, 0) is 41.1 Å². The number of carbonyl (C=O) groups is 1. The molecule has 0 bridgehead atoms. The van der Waals surface area contributed by atoms with Crippen LogP contribution in [0, 0.1) is 13.7 Å². The lowest BCUT2D eigenvalue weighted by Crippen LogP contribution is -2.08. The molecule has 86 valence electrons. The molecule has 0 radical (unpaired) electrons. The maximum atomic E-state index is 11.2. The molecule has 1 rings (SSSR count). The molecular weight excluding hydrogens is 325 g/mol. The van der Waals surface area contributed by atoms with Crippen molar-refractivity contribution in [2.45, 2.75) is 19.8 Å². The molecule has 0 aliphatic rings. The summed E-state index contributed by atoms with van der Waals surface area (Å²) in [6.45, 7) is 1.84. The molecule has 0 aliphatic heterocycles. The Morgan fingerprint density at radius 1 is 1.56 bits per heavy atom. The van der Waals surface area contributed by atoms with Crippen LogP contribution in [0.1, 0.15) is 19.8 Å². The zero-order chi connectivity index (χ0) is 12.1. The lowest BCUT2D eigenvalue weighted by Gasteiger charge is -2.04. The van der Waals surface area contributed by atoms with Crippen molar-refractivity contribution in [3.05, 3.63) is 31.9 Å². The van der Waals surface area contributed by atoms with Crippen LogP contribution in [-0.4, -0.2) is 10.9 Å². The summed E-state index contributed by atoms with van der Waals surface area (Å²) in [5, 5.41) is 10.7. The Balaban J connectivity index is 2.95. The third-order valence-corrected chi connectivity index (χ3v) is 2.47. The van der Waals surface area contributed by atoms with Gasteiger partial charge in [0.15, 0.2) is 0 Å². The Morgan fingerprint density at radius 3 is 2.81 bits per heavy atom. The predicted octanol–water partition coefficient (Wildman–Crippen LogP) is 2.90. The van der Waals surface area contributed by atoms with E-state index in [4.69, 9.17) is 4.74 Å². The summed E-state index contributed by atoms with van der Waals surface area (Å²) in [6, 6.07) is 4.46. The maximum Gasteiger partial charge on any atom is 0.312 e. The standard InChI is InChI=1S/C10H10INO4/c1-2-3-10(13)16-9-5-4-7(11)6-8(9)12(14)15/h4-6H,2-3H2,1H3. The van der Waals surface area contributed by atoms with E-state index >= 15 is 0 Å².